The molecule has 6 heteroatoms. The lowest BCUT2D eigenvalue weighted by Gasteiger charge is -2.35. The average molecular weight is 385 g/mol. The fraction of sp³-hybridized carbons (Fsp3) is 0.591. The highest BCUT2D eigenvalue weighted by molar-refractivity contribution is 5.30. The van der Waals surface area contributed by atoms with Crippen LogP contribution in [0.3, 0.4) is 0 Å². The van der Waals surface area contributed by atoms with Crippen LogP contribution in [0, 0.1) is 0 Å². The lowest BCUT2D eigenvalue weighted by molar-refractivity contribution is -0.0278. The van der Waals surface area contributed by atoms with E-state index in [2.05, 4.69) is 46.9 Å². The van der Waals surface area contributed by atoms with E-state index in [0.29, 0.717) is 12.5 Å². The average Bonchev–Trinajstić information content (AvgIpc) is 2.92. The first-order chi connectivity index (χ1) is 13.6. The van der Waals surface area contributed by atoms with E-state index in [1.165, 1.54) is 11.3 Å². The summed E-state index contributed by atoms with van der Waals surface area (Å²) in [5.41, 5.74) is 3.62. The third-order valence-corrected chi connectivity index (χ3v) is 5.75. The number of aromatic nitrogens is 2. The Hall–Kier alpha value is -1.89. The van der Waals surface area contributed by atoms with Crippen LogP contribution in [0.4, 0.5) is 0 Å². The topological polar surface area (TPSA) is 62.5 Å². The van der Waals surface area contributed by atoms with Crippen LogP contribution < -0.4 is 10.1 Å². The number of benzene rings is 1. The minimum Gasteiger partial charge on any atom is -0.488 e. The number of fused-ring (bicyclic) bond motifs is 1. The third-order valence-electron chi connectivity index (χ3n) is 5.75. The maximum Gasteiger partial charge on any atom is 0.127 e. The highest BCUT2D eigenvalue weighted by Gasteiger charge is 2.30. The number of rotatable bonds is 5. The zero-order chi connectivity index (χ0) is 19.5. The van der Waals surface area contributed by atoms with Gasteiger partial charge in [0.05, 0.1) is 11.4 Å². The summed E-state index contributed by atoms with van der Waals surface area (Å²) in [7, 11) is 0. The van der Waals surface area contributed by atoms with E-state index in [9.17, 15) is 5.11 Å². The molecule has 2 aliphatic rings. The second-order valence-corrected chi connectivity index (χ2v) is 8.36. The predicted molar refractivity (Wildman–Crippen MR) is 109 cm³/mol. The summed E-state index contributed by atoms with van der Waals surface area (Å²) in [6, 6.07) is 10.4. The first-order valence-electron chi connectivity index (χ1n) is 10.5. The zero-order valence-electron chi connectivity index (χ0n) is 17.0. The molecule has 2 atom stereocenters. The van der Waals surface area contributed by atoms with Crippen molar-refractivity contribution in [1.29, 1.82) is 0 Å². The molecule has 2 N–H and O–H groups in total. The van der Waals surface area contributed by atoms with Gasteiger partial charge in [0.1, 0.15) is 18.0 Å². The van der Waals surface area contributed by atoms with Crippen molar-refractivity contribution in [2.24, 2.45) is 0 Å². The van der Waals surface area contributed by atoms with Crippen molar-refractivity contribution in [3.8, 4) is 5.75 Å². The second kappa shape index (κ2) is 8.64. The van der Waals surface area contributed by atoms with E-state index in [4.69, 9.17) is 9.84 Å². The third kappa shape index (κ3) is 4.57. The molecule has 0 spiro atoms. The van der Waals surface area contributed by atoms with Crippen molar-refractivity contribution in [1.82, 2.24) is 20.0 Å². The van der Waals surface area contributed by atoms with Crippen molar-refractivity contribution in [3.05, 3.63) is 47.3 Å². The van der Waals surface area contributed by atoms with Crippen LogP contribution in [-0.4, -0.2) is 51.6 Å². The molecule has 0 aliphatic carbocycles. The smallest absolute Gasteiger partial charge is 0.127 e. The largest absolute Gasteiger partial charge is 0.488 e. The molecule has 6 nitrogen and oxygen atoms in total. The number of nitrogens with one attached hydrogen (secondary N) is 1. The summed E-state index contributed by atoms with van der Waals surface area (Å²) >= 11 is 0. The lowest BCUT2D eigenvalue weighted by atomic mass is 10.0. The van der Waals surface area contributed by atoms with E-state index in [-0.39, 0.29) is 6.10 Å². The molecule has 1 aromatic carbocycles. The van der Waals surface area contributed by atoms with Gasteiger partial charge in [-0.05, 0) is 49.1 Å². The number of β-amino-alcohol motifs (C(OH)–C–C–N with tert-alkyl or cyclic N) is 1. The van der Waals surface area contributed by atoms with Crippen molar-refractivity contribution < 1.29 is 9.84 Å². The van der Waals surface area contributed by atoms with Gasteiger partial charge in [-0.1, -0.05) is 26.0 Å². The van der Waals surface area contributed by atoms with Gasteiger partial charge in [-0.3, -0.25) is 9.58 Å². The number of aryl methyl sites for hydroxylation is 1. The van der Waals surface area contributed by atoms with Crippen molar-refractivity contribution in [2.75, 3.05) is 19.6 Å². The van der Waals surface area contributed by atoms with Crippen LogP contribution in [0.1, 0.15) is 49.6 Å². The Morgan fingerprint density at radius 3 is 3.00 bits per heavy atom. The number of nitrogens with zero attached hydrogens (tertiary/aromatic N) is 3. The van der Waals surface area contributed by atoms with Gasteiger partial charge in [-0.25, -0.2) is 0 Å². The summed E-state index contributed by atoms with van der Waals surface area (Å²) < 4.78 is 8.26. The molecule has 0 amide bonds. The first kappa shape index (κ1) is 19.4. The molecular formula is C22H32N4O2. The number of ether oxygens (including phenoxy) is 1. The number of likely N-dealkylation sites (tertiary alicyclic amines) is 1. The van der Waals surface area contributed by atoms with Gasteiger partial charge in [0.2, 0.25) is 0 Å². The predicted octanol–water partition coefficient (Wildman–Crippen LogP) is 2.51. The second-order valence-electron chi connectivity index (χ2n) is 8.36. The molecule has 0 radical (unpaired) electrons. The molecular weight excluding hydrogens is 352 g/mol. The molecule has 2 aliphatic heterocycles. The highest BCUT2D eigenvalue weighted by atomic mass is 16.5. The van der Waals surface area contributed by atoms with E-state index < -0.39 is 6.10 Å². The normalized spacial score (nSPS) is 23.4. The minimum atomic E-state index is -0.487. The number of piperidine rings is 1. The van der Waals surface area contributed by atoms with E-state index in [1.54, 1.807) is 0 Å². The van der Waals surface area contributed by atoms with Gasteiger partial charge in [0.15, 0.2) is 0 Å². The van der Waals surface area contributed by atoms with Crippen LogP contribution in [-0.2, 0) is 19.6 Å². The van der Waals surface area contributed by atoms with Gasteiger partial charge in [0.25, 0.3) is 0 Å². The number of aliphatic hydroxyl groups is 1. The van der Waals surface area contributed by atoms with Gasteiger partial charge in [-0.2, -0.15) is 5.10 Å². The summed E-state index contributed by atoms with van der Waals surface area (Å²) in [5.74, 6) is 1.32. The number of hydrogen-bond donors (Lipinski definition) is 2. The Labute approximate surface area is 167 Å². The Morgan fingerprint density at radius 2 is 2.18 bits per heavy atom. The van der Waals surface area contributed by atoms with Crippen LogP contribution in [0.15, 0.2) is 30.3 Å². The van der Waals surface area contributed by atoms with Crippen LogP contribution >= 0.6 is 0 Å². The molecule has 1 saturated heterocycles. The Balaban J connectivity index is 1.33. The van der Waals surface area contributed by atoms with Crippen LogP contribution in [0.25, 0.3) is 0 Å². The standard InChI is InChI=1S/C22H32N4O2/c1-16(2)17-5-3-6-20(11-17)28-22-7-10-25(15-21(22)27)14-18-12-19-13-23-8-4-9-26(19)24-18/h3,5-6,11-12,16,21-23,27H,4,7-10,13-15H2,1-2H3/t21-,22-/m1/s1. The minimum absolute atomic E-state index is 0.151. The SMILES string of the molecule is CC(C)c1cccc(O[C@@H]2CCN(Cc3cc4n(n3)CCCNC4)C[C@H]2O)c1. The Kier molecular flexibility index (Phi) is 5.99. The Bertz CT molecular complexity index is 765. The molecule has 1 fully saturated rings. The monoisotopic (exact) mass is 384 g/mol. The van der Waals surface area contributed by atoms with Crippen molar-refractivity contribution >= 4 is 0 Å². The van der Waals surface area contributed by atoms with Gasteiger partial charge in [-0.15, -0.1) is 0 Å². The highest BCUT2D eigenvalue weighted by Crippen LogP contribution is 2.24. The molecule has 3 heterocycles. The van der Waals surface area contributed by atoms with Crippen LogP contribution in [0.5, 0.6) is 5.75 Å². The molecule has 152 valence electrons. The zero-order valence-corrected chi connectivity index (χ0v) is 17.0. The van der Waals surface area contributed by atoms with Gasteiger partial charge >= 0.3 is 0 Å². The maximum atomic E-state index is 10.7. The van der Waals surface area contributed by atoms with E-state index >= 15 is 0 Å². The molecule has 0 bridgehead atoms. The van der Waals surface area contributed by atoms with E-state index in [0.717, 1.165) is 57.0 Å². The molecule has 2 aromatic rings. The first-order valence-corrected chi connectivity index (χ1v) is 10.5. The number of aliphatic hydroxyl groups excluding tert-OH is 1. The summed E-state index contributed by atoms with van der Waals surface area (Å²) in [4.78, 5) is 2.28. The molecule has 28 heavy (non-hydrogen) atoms. The quantitative estimate of drug-likeness (QED) is 0.829. The maximum absolute atomic E-state index is 10.7. The van der Waals surface area contributed by atoms with Crippen molar-refractivity contribution in [2.45, 2.75) is 64.4 Å². The fourth-order valence-corrected chi connectivity index (χ4v) is 4.11. The van der Waals surface area contributed by atoms with Crippen molar-refractivity contribution in [3.63, 3.8) is 0 Å². The molecule has 1 aromatic heterocycles. The van der Waals surface area contributed by atoms with Crippen LogP contribution in [0.2, 0.25) is 0 Å². The van der Waals surface area contributed by atoms with E-state index in [1.807, 2.05) is 12.1 Å². The lowest BCUT2D eigenvalue weighted by Crippen LogP contribution is -2.48. The Morgan fingerprint density at radius 1 is 1.29 bits per heavy atom. The summed E-state index contributed by atoms with van der Waals surface area (Å²) in [6.07, 6.45) is 1.30. The van der Waals surface area contributed by atoms with Gasteiger partial charge < -0.3 is 15.2 Å². The van der Waals surface area contributed by atoms with Gasteiger partial charge in [0, 0.05) is 32.7 Å². The summed E-state index contributed by atoms with van der Waals surface area (Å²) in [5, 5.41) is 18.9. The molecule has 4 rings (SSSR count). The fourth-order valence-electron chi connectivity index (χ4n) is 4.11. The summed E-state index contributed by atoms with van der Waals surface area (Å²) in [6.45, 7) is 9.60. The molecule has 0 saturated carbocycles. The number of hydrogen-bond acceptors (Lipinski definition) is 5. The molecule has 0 unspecified atom stereocenters.